The Bertz CT molecular complexity index is 392. The fourth-order valence-corrected chi connectivity index (χ4v) is 4.67. The number of fused-ring (bicyclic) bond motifs is 1. The van der Waals surface area contributed by atoms with Gasteiger partial charge in [0.2, 0.25) is 0 Å². The smallest absolute Gasteiger partial charge is 0.0576 e. The van der Waals surface area contributed by atoms with Crippen molar-refractivity contribution < 1.29 is 4.74 Å². The molecule has 0 radical (unpaired) electrons. The van der Waals surface area contributed by atoms with E-state index in [9.17, 15) is 0 Å². The molecule has 0 bridgehead atoms. The standard InChI is InChI=1S/C16H23NOS/c1-17-14(9-8-13-6-4-10-18-13)16-11-12-5-2-3-7-15(12)19-16/h2-3,5,7,13-14,16-17H,4,6,8-11H2,1H3. The van der Waals surface area contributed by atoms with E-state index in [1.165, 1.54) is 42.6 Å². The molecule has 104 valence electrons. The largest absolute Gasteiger partial charge is 0.378 e. The van der Waals surface area contributed by atoms with E-state index in [0.29, 0.717) is 17.4 Å². The van der Waals surface area contributed by atoms with Gasteiger partial charge in [-0.3, -0.25) is 0 Å². The molecule has 3 rings (SSSR count). The molecule has 2 aliphatic rings. The molecule has 1 fully saturated rings. The highest BCUT2D eigenvalue weighted by molar-refractivity contribution is 8.00. The second kappa shape index (κ2) is 6.29. The Labute approximate surface area is 120 Å². The number of nitrogens with one attached hydrogen (secondary N) is 1. The minimum atomic E-state index is 0.518. The molecule has 1 aromatic carbocycles. The molecule has 2 heterocycles. The third-order valence-corrected chi connectivity index (χ3v) is 5.77. The summed E-state index contributed by atoms with van der Waals surface area (Å²) in [6.07, 6.45) is 6.67. The highest BCUT2D eigenvalue weighted by Crippen LogP contribution is 2.39. The summed E-state index contributed by atoms with van der Waals surface area (Å²) in [5, 5.41) is 4.21. The molecule has 3 heteroatoms. The molecule has 1 saturated heterocycles. The molecule has 1 N–H and O–H groups in total. The van der Waals surface area contributed by atoms with Crippen LogP contribution in [0.1, 0.15) is 31.2 Å². The van der Waals surface area contributed by atoms with Crippen LogP contribution in [0.3, 0.4) is 0 Å². The number of ether oxygens (including phenoxy) is 1. The summed E-state index contributed by atoms with van der Waals surface area (Å²) in [5.74, 6) is 0. The van der Waals surface area contributed by atoms with Crippen LogP contribution in [-0.2, 0) is 11.2 Å². The van der Waals surface area contributed by atoms with Crippen LogP contribution in [0.4, 0.5) is 0 Å². The summed E-state index contributed by atoms with van der Waals surface area (Å²) in [6.45, 7) is 0.971. The van der Waals surface area contributed by atoms with Crippen molar-refractivity contribution in [3.05, 3.63) is 29.8 Å². The molecular weight excluding hydrogens is 254 g/mol. The lowest BCUT2D eigenvalue weighted by Crippen LogP contribution is -2.36. The molecule has 0 amide bonds. The Morgan fingerprint density at radius 1 is 1.42 bits per heavy atom. The fourth-order valence-electron chi connectivity index (χ4n) is 3.19. The Kier molecular flexibility index (Phi) is 4.46. The van der Waals surface area contributed by atoms with Crippen LogP contribution in [-0.4, -0.2) is 31.1 Å². The Morgan fingerprint density at radius 3 is 3.05 bits per heavy atom. The van der Waals surface area contributed by atoms with Gasteiger partial charge in [-0.05, 0) is 50.8 Å². The number of thioether (sulfide) groups is 1. The molecule has 1 aromatic rings. The van der Waals surface area contributed by atoms with E-state index in [1.54, 1.807) is 0 Å². The Morgan fingerprint density at radius 2 is 2.32 bits per heavy atom. The van der Waals surface area contributed by atoms with Crippen molar-refractivity contribution in [1.82, 2.24) is 5.32 Å². The average molecular weight is 277 g/mol. The fraction of sp³-hybridized carbons (Fsp3) is 0.625. The molecule has 0 saturated carbocycles. The lowest BCUT2D eigenvalue weighted by atomic mass is 9.99. The van der Waals surface area contributed by atoms with Crippen LogP contribution >= 0.6 is 11.8 Å². The van der Waals surface area contributed by atoms with Gasteiger partial charge in [-0.15, -0.1) is 11.8 Å². The van der Waals surface area contributed by atoms with Gasteiger partial charge >= 0.3 is 0 Å². The van der Waals surface area contributed by atoms with Crippen LogP contribution in [0.15, 0.2) is 29.2 Å². The zero-order valence-electron chi connectivity index (χ0n) is 11.6. The van der Waals surface area contributed by atoms with Gasteiger partial charge in [0.05, 0.1) is 6.10 Å². The van der Waals surface area contributed by atoms with Crippen LogP contribution in [0, 0.1) is 0 Å². The van der Waals surface area contributed by atoms with Gasteiger partial charge in [0.1, 0.15) is 0 Å². The SMILES string of the molecule is CNC(CCC1CCCO1)C1Cc2ccccc2S1. The third kappa shape index (κ3) is 3.15. The van der Waals surface area contributed by atoms with Gasteiger partial charge < -0.3 is 10.1 Å². The van der Waals surface area contributed by atoms with E-state index in [0.717, 1.165) is 6.61 Å². The highest BCUT2D eigenvalue weighted by Gasteiger charge is 2.29. The van der Waals surface area contributed by atoms with E-state index in [4.69, 9.17) is 4.74 Å². The van der Waals surface area contributed by atoms with Gasteiger partial charge in [-0.2, -0.15) is 0 Å². The first kappa shape index (κ1) is 13.5. The predicted molar refractivity (Wildman–Crippen MR) is 80.8 cm³/mol. The summed E-state index contributed by atoms with van der Waals surface area (Å²) >= 11 is 2.05. The summed E-state index contributed by atoms with van der Waals surface area (Å²) < 4.78 is 5.74. The molecular formula is C16H23NOS. The lowest BCUT2D eigenvalue weighted by molar-refractivity contribution is 0.0997. The molecule has 2 nitrogen and oxygen atoms in total. The second-order valence-electron chi connectivity index (χ2n) is 5.58. The molecule has 0 aliphatic carbocycles. The molecule has 0 spiro atoms. The minimum absolute atomic E-state index is 0.518. The maximum absolute atomic E-state index is 5.74. The number of benzene rings is 1. The average Bonchev–Trinajstić information content (AvgIpc) is 3.08. The monoisotopic (exact) mass is 277 g/mol. The predicted octanol–water partition coefficient (Wildman–Crippen LogP) is 3.25. The van der Waals surface area contributed by atoms with E-state index in [2.05, 4.69) is 36.6 Å². The Balaban J connectivity index is 1.55. The first-order chi connectivity index (χ1) is 9.36. The van der Waals surface area contributed by atoms with Crippen LogP contribution in [0.2, 0.25) is 0 Å². The first-order valence-electron chi connectivity index (χ1n) is 7.40. The number of hydrogen-bond acceptors (Lipinski definition) is 3. The first-order valence-corrected chi connectivity index (χ1v) is 8.28. The third-order valence-electron chi connectivity index (χ3n) is 4.32. The zero-order chi connectivity index (χ0) is 13.1. The van der Waals surface area contributed by atoms with Gasteiger partial charge in [0.25, 0.3) is 0 Å². The van der Waals surface area contributed by atoms with Crippen molar-refractivity contribution in [3.8, 4) is 0 Å². The maximum Gasteiger partial charge on any atom is 0.0576 e. The normalized spacial score (nSPS) is 27.4. The maximum atomic E-state index is 5.74. The zero-order valence-corrected chi connectivity index (χ0v) is 12.4. The topological polar surface area (TPSA) is 21.3 Å². The summed E-state index contributed by atoms with van der Waals surface area (Å²) in [5.41, 5.74) is 1.52. The Hall–Kier alpha value is -0.510. The van der Waals surface area contributed by atoms with Crippen LogP contribution < -0.4 is 5.32 Å². The minimum Gasteiger partial charge on any atom is -0.378 e. The number of rotatable bonds is 5. The molecule has 2 aliphatic heterocycles. The summed E-state index contributed by atoms with van der Waals surface area (Å²) in [7, 11) is 2.10. The molecule has 3 unspecified atom stereocenters. The van der Waals surface area contributed by atoms with Crippen molar-refractivity contribution >= 4 is 11.8 Å². The van der Waals surface area contributed by atoms with Crippen molar-refractivity contribution in [2.45, 2.75) is 54.4 Å². The van der Waals surface area contributed by atoms with Gasteiger partial charge in [0.15, 0.2) is 0 Å². The van der Waals surface area contributed by atoms with Gasteiger partial charge in [-0.1, -0.05) is 18.2 Å². The van der Waals surface area contributed by atoms with E-state index >= 15 is 0 Å². The second-order valence-corrected chi connectivity index (χ2v) is 6.86. The van der Waals surface area contributed by atoms with Crippen molar-refractivity contribution in [3.63, 3.8) is 0 Å². The lowest BCUT2D eigenvalue weighted by Gasteiger charge is -2.23. The summed E-state index contributed by atoms with van der Waals surface area (Å²) in [4.78, 5) is 1.48. The molecule has 0 aromatic heterocycles. The quantitative estimate of drug-likeness (QED) is 0.892. The van der Waals surface area contributed by atoms with Crippen LogP contribution in [0.25, 0.3) is 0 Å². The van der Waals surface area contributed by atoms with Gasteiger partial charge in [-0.25, -0.2) is 0 Å². The van der Waals surface area contributed by atoms with Crippen molar-refractivity contribution in [1.29, 1.82) is 0 Å². The van der Waals surface area contributed by atoms with Crippen LogP contribution in [0.5, 0.6) is 0 Å². The highest BCUT2D eigenvalue weighted by atomic mass is 32.2. The van der Waals surface area contributed by atoms with E-state index in [1.807, 2.05) is 11.8 Å². The summed E-state index contributed by atoms with van der Waals surface area (Å²) in [6, 6.07) is 9.43. The van der Waals surface area contributed by atoms with Gasteiger partial charge in [0, 0.05) is 22.8 Å². The molecule has 3 atom stereocenters. The van der Waals surface area contributed by atoms with E-state index < -0.39 is 0 Å². The van der Waals surface area contributed by atoms with Crippen molar-refractivity contribution in [2.24, 2.45) is 0 Å². The molecule has 19 heavy (non-hydrogen) atoms. The van der Waals surface area contributed by atoms with E-state index in [-0.39, 0.29) is 0 Å². The van der Waals surface area contributed by atoms with Crippen molar-refractivity contribution in [2.75, 3.05) is 13.7 Å². The number of hydrogen-bond donors (Lipinski definition) is 1.